The van der Waals surface area contributed by atoms with Gasteiger partial charge < -0.3 is 0 Å². The molecule has 1 rings (SSSR count). The van der Waals surface area contributed by atoms with Crippen LogP contribution in [0.25, 0.3) is 0 Å². The molecule has 0 spiro atoms. The molecule has 1 aromatic heterocycles. The molecule has 0 unspecified atom stereocenters. The van der Waals surface area contributed by atoms with E-state index in [0.29, 0.717) is 5.82 Å². The van der Waals surface area contributed by atoms with Gasteiger partial charge in [0.1, 0.15) is 12.9 Å². The van der Waals surface area contributed by atoms with Crippen molar-refractivity contribution in [2.24, 2.45) is 5.18 Å². The Hall–Kier alpha value is -1.26. The molecule has 0 fully saturated rings. The van der Waals surface area contributed by atoms with Crippen LogP contribution in [-0.4, -0.2) is 14.8 Å². The number of rotatable bonds is 3. The first kappa shape index (κ1) is 6.85. The highest BCUT2D eigenvalue weighted by molar-refractivity contribution is 4.82. The summed E-state index contributed by atoms with van der Waals surface area (Å²) in [5, 5.41) is 6.57. The Labute approximate surface area is 58.0 Å². The number of aromatic nitrogens is 3. The molecule has 1 aromatic rings. The Morgan fingerprint density at radius 3 is 3.20 bits per heavy atom. The van der Waals surface area contributed by atoms with E-state index in [1.165, 1.54) is 6.33 Å². The molecule has 0 atom stereocenters. The summed E-state index contributed by atoms with van der Waals surface area (Å²) >= 11 is 0. The zero-order valence-electron chi connectivity index (χ0n) is 5.69. The lowest BCUT2D eigenvalue weighted by atomic mass is 10.6. The molecule has 0 aliphatic rings. The van der Waals surface area contributed by atoms with Gasteiger partial charge in [-0.1, -0.05) is 5.18 Å². The second kappa shape index (κ2) is 3.05. The fourth-order valence-corrected chi connectivity index (χ4v) is 0.732. The minimum absolute atomic E-state index is 0.105. The van der Waals surface area contributed by atoms with Crippen LogP contribution in [0.2, 0.25) is 0 Å². The summed E-state index contributed by atoms with van der Waals surface area (Å²) in [6.07, 6.45) is 1.42. The zero-order valence-corrected chi connectivity index (χ0v) is 5.69. The van der Waals surface area contributed by atoms with E-state index in [0.717, 1.165) is 6.54 Å². The Kier molecular flexibility index (Phi) is 2.09. The van der Waals surface area contributed by atoms with Crippen LogP contribution in [0.1, 0.15) is 12.7 Å². The van der Waals surface area contributed by atoms with Crippen molar-refractivity contribution in [2.45, 2.75) is 20.0 Å². The summed E-state index contributed by atoms with van der Waals surface area (Å²) in [5.74, 6) is 0.623. The first-order valence-corrected chi connectivity index (χ1v) is 3.04. The van der Waals surface area contributed by atoms with Gasteiger partial charge in [0.05, 0.1) is 0 Å². The molecule has 0 amide bonds. The molecule has 0 bridgehead atoms. The highest BCUT2D eigenvalue weighted by Gasteiger charge is 1.99. The predicted molar refractivity (Wildman–Crippen MR) is 35.2 cm³/mol. The maximum absolute atomic E-state index is 9.81. The first-order chi connectivity index (χ1) is 4.88. The molecule has 0 N–H and O–H groups in total. The summed E-state index contributed by atoms with van der Waals surface area (Å²) in [6, 6.07) is 0. The van der Waals surface area contributed by atoms with E-state index >= 15 is 0 Å². The third-order valence-corrected chi connectivity index (χ3v) is 1.20. The van der Waals surface area contributed by atoms with E-state index in [2.05, 4.69) is 15.3 Å². The molecule has 0 aromatic carbocycles. The standard InChI is InChI=1S/C5H8N4O/c1-2-9-5(3-8-10)6-4-7-9/h4H,2-3H2,1H3. The Balaban J connectivity index is 2.79. The van der Waals surface area contributed by atoms with Crippen molar-refractivity contribution in [1.29, 1.82) is 0 Å². The van der Waals surface area contributed by atoms with Crippen LogP contribution in [0.15, 0.2) is 11.5 Å². The Morgan fingerprint density at radius 1 is 1.80 bits per heavy atom. The number of hydrogen-bond acceptors (Lipinski definition) is 4. The molecule has 5 heteroatoms. The summed E-state index contributed by atoms with van der Waals surface area (Å²) in [6.45, 7) is 2.77. The topological polar surface area (TPSA) is 60.1 Å². The van der Waals surface area contributed by atoms with Crippen molar-refractivity contribution in [1.82, 2.24) is 14.8 Å². The molecule has 10 heavy (non-hydrogen) atoms. The van der Waals surface area contributed by atoms with Crippen molar-refractivity contribution >= 4 is 0 Å². The summed E-state index contributed by atoms with van der Waals surface area (Å²) in [4.78, 5) is 13.6. The van der Waals surface area contributed by atoms with E-state index < -0.39 is 0 Å². The summed E-state index contributed by atoms with van der Waals surface area (Å²) in [5.41, 5.74) is 0. The van der Waals surface area contributed by atoms with Gasteiger partial charge in [-0.3, -0.25) is 0 Å². The summed E-state index contributed by atoms with van der Waals surface area (Å²) < 4.78 is 1.64. The van der Waals surface area contributed by atoms with Crippen molar-refractivity contribution in [2.75, 3.05) is 0 Å². The van der Waals surface area contributed by atoms with Gasteiger partial charge in [0.25, 0.3) is 0 Å². The second-order valence-corrected chi connectivity index (χ2v) is 1.78. The molecule has 1 heterocycles. The molecule has 0 aliphatic heterocycles. The fraction of sp³-hybridized carbons (Fsp3) is 0.600. The van der Waals surface area contributed by atoms with Crippen molar-refractivity contribution in [3.63, 3.8) is 0 Å². The van der Waals surface area contributed by atoms with E-state index in [-0.39, 0.29) is 6.54 Å². The van der Waals surface area contributed by atoms with Gasteiger partial charge in [-0.2, -0.15) is 10.0 Å². The monoisotopic (exact) mass is 140 g/mol. The quantitative estimate of drug-likeness (QED) is 0.576. The highest BCUT2D eigenvalue weighted by atomic mass is 16.3. The van der Waals surface area contributed by atoms with Crippen LogP contribution >= 0.6 is 0 Å². The second-order valence-electron chi connectivity index (χ2n) is 1.78. The van der Waals surface area contributed by atoms with Crippen LogP contribution in [-0.2, 0) is 13.1 Å². The number of aryl methyl sites for hydroxylation is 1. The average molecular weight is 140 g/mol. The van der Waals surface area contributed by atoms with E-state index in [1.54, 1.807) is 4.68 Å². The summed E-state index contributed by atoms with van der Waals surface area (Å²) in [7, 11) is 0. The number of hydrogen-bond donors (Lipinski definition) is 0. The minimum Gasteiger partial charge on any atom is -0.248 e. The van der Waals surface area contributed by atoms with Crippen LogP contribution in [0.3, 0.4) is 0 Å². The molecular formula is C5H8N4O. The highest BCUT2D eigenvalue weighted by Crippen LogP contribution is 1.94. The van der Waals surface area contributed by atoms with Gasteiger partial charge in [0, 0.05) is 6.54 Å². The minimum atomic E-state index is 0.105. The van der Waals surface area contributed by atoms with Gasteiger partial charge in [0.2, 0.25) is 0 Å². The predicted octanol–water partition coefficient (Wildman–Crippen LogP) is 0.564. The lowest BCUT2D eigenvalue weighted by molar-refractivity contribution is 0.616. The molecule has 0 saturated carbocycles. The largest absolute Gasteiger partial charge is 0.248 e. The van der Waals surface area contributed by atoms with Crippen LogP contribution in [0.4, 0.5) is 0 Å². The average Bonchev–Trinajstić information content (AvgIpc) is 2.36. The van der Waals surface area contributed by atoms with Gasteiger partial charge in [-0.15, -0.1) is 0 Å². The SMILES string of the molecule is CCn1ncnc1CN=O. The van der Waals surface area contributed by atoms with Crippen LogP contribution < -0.4 is 0 Å². The lowest BCUT2D eigenvalue weighted by Gasteiger charge is -1.95. The van der Waals surface area contributed by atoms with E-state index in [1.807, 2.05) is 6.92 Å². The molecular weight excluding hydrogens is 132 g/mol. The molecule has 54 valence electrons. The molecule has 0 aliphatic carbocycles. The van der Waals surface area contributed by atoms with Gasteiger partial charge in [0.15, 0.2) is 5.82 Å². The Bertz CT molecular complexity index is 219. The first-order valence-electron chi connectivity index (χ1n) is 3.04. The smallest absolute Gasteiger partial charge is 0.152 e. The van der Waals surface area contributed by atoms with E-state index in [9.17, 15) is 4.91 Å². The third-order valence-electron chi connectivity index (χ3n) is 1.20. The zero-order chi connectivity index (χ0) is 7.40. The lowest BCUT2D eigenvalue weighted by Crippen LogP contribution is -2.01. The van der Waals surface area contributed by atoms with Crippen molar-refractivity contribution in [3.05, 3.63) is 17.1 Å². The van der Waals surface area contributed by atoms with Crippen molar-refractivity contribution < 1.29 is 0 Å². The maximum atomic E-state index is 9.81. The number of nitrogens with zero attached hydrogens (tertiary/aromatic N) is 4. The molecule has 5 nitrogen and oxygen atoms in total. The van der Waals surface area contributed by atoms with Crippen LogP contribution in [0, 0.1) is 4.91 Å². The van der Waals surface area contributed by atoms with Crippen LogP contribution in [0.5, 0.6) is 0 Å². The number of nitroso groups, excluding NO2 is 1. The van der Waals surface area contributed by atoms with Gasteiger partial charge in [-0.25, -0.2) is 9.67 Å². The third kappa shape index (κ3) is 1.18. The maximum Gasteiger partial charge on any atom is 0.152 e. The fourth-order valence-electron chi connectivity index (χ4n) is 0.732. The van der Waals surface area contributed by atoms with Gasteiger partial charge in [-0.05, 0) is 6.92 Å². The Morgan fingerprint density at radius 2 is 2.60 bits per heavy atom. The molecule has 0 saturated heterocycles. The van der Waals surface area contributed by atoms with Gasteiger partial charge >= 0.3 is 0 Å². The normalized spacial score (nSPS) is 9.70. The molecule has 0 radical (unpaired) electrons. The van der Waals surface area contributed by atoms with E-state index in [4.69, 9.17) is 0 Å². The van der Waals surface area contributed by atoms with Crippen molar-refractivity contribution in [3.8, 4) is 0 Å².